The average molecular weight is 512 g/mol. The van der Waals surface area contributed by atoms with Gasteiger partial charge >= 0.3 is 0 Å². The maximum atomic E-state index is 13.0. The van der Waals surface area contributed by atoms with Crippen LogP contribution in [0.15, 0.2) is 95.2 Å². The number of carbonyl (C=O) groups is 1. The molecular weight excluding hydrogens is 476 g/mol. The second kappa shape index (κ2) is 12.4. The average Bonchev–Trinajstić information content (AvgIpc) is 3.15. The quantitative estimate of drug-likeness (QED) is 0.349. The predicted molar refractivity (Wildman–Crippen MR) is 152 cm³/mol. The highest BCUT2D eigenvalue weighted by atomic mass is 19.3. The summed E-state index contributed by atoms with van der Waals surface area (Å²) in [6.45, 7) is 0. The maximum Gasteiger partial charge on any atom is 0.257 e. The summed E-state index contributed by atoms with van der Waals surface area (Å²) in [6.07, 6.45) is 17.0. The molecule has 2 nitrogen and oxygen atoms in total. The highest BCUT2D eigenvalue weighted by Crippen LogP contribution is 2.40. The highest BCUT2D eigenvalue weighted by molar-refractivity contribution is 6.05. The van der Waals surface area contributed by atoms with Gasteiger partial charge in [0.25, 0.3) is 6.43 Å². The molecule has 0 spiro atoms. The molecule has 1 saturated carbocycles. The smallest absolute Gasteiger partial charge is 0.257 e. The summed E-state index contributed by atoms with van der Waals surface area (Å²) in [5.74, 6) is 0.993. The summed E-state index contributed by atoms with van der Waals surface area (Å²) >= 11 is 0. The van der Waals surface area contributed by atoms with Crippen molar-refractivity contribution < 1.29 is 13.6 Å². The van der Waals surface area contributed by atoms with Gasteiger partial charge in [0.2, 0.25) is 0 Å². The Balaban J connectivity index is 1.27. The Morgan fingerprint density at radius 2 is 1.89 bits per heavy atom. The van der Waals surface area contributed by atoms with E-state index >= 15 is 0 Å². The Kier molecular flexibility index (Phi) is 8.58. The van der Waals surface area contributed by atoms with Gasteiger partial charge in [-0.3, -0.25) is 9.79 Å². The zero-order valence-corrected chi connectivity index (χ0v) is 21.8. The first kappa shape index (κ1) is 26.2. The minimum atomic E-state index is -2.51. The van der Waals surface area contributed by atoms with Crippen LogP contribution in [0.1, 0.15) is 73.1 Å². The summed E-state index contributed by atoms with van der Waals surface area (Å²) in [6, 6.07) is 15.8. The van der Waals surface area contributed by atoms with Crippen LogP contribution in [0.2, 0.25) is 0 Å². The summed E-state index contributed by atoms with van der Waals surface area (Å²) in [5, 5.41) is 0. The number of nitrogens with zero attached hydrogens (tertiary/aromatic N) is 1. The molecule has 3 aliphatic rings. The van der Waals surface area contributed by atoms with Gasteiger partial charge < -0.3 is 0 Å². The van der Waals surface area contributed by atoms with Crippen molar-refractivity contribution in [1.29, 1.82) is 0 Å². The van der Waals surface area contributed by atoms with Crippen LogP contribution in [-0.2, 0) is 17.6 Å². The number of carbonyl (C=O) groups excluding carboxylic acids is 1. The molecule has 0 radical (unpaired) electrons. The van der Waals surface area contributed by atoms with Crippen molar-refractivity contribution in [1.82, 2.24) is 0 Å². The molecule has 2 aromatic carbocycles. The predicted octanol–water partition coefficient (Wildman–Crippen LogP) is 8.60. The normalized spacial score (nSPS) is 21.5. The molecule has 2 aromatic rings. The van der Waals surface area contributed by atoms with Gasteiger partial charge in [0.05, 0.1) is 5.71 Å². The lowest BCUT2D eigenvalue weighted by Gasteiger charge is -2.32. The number of ketones is 1. The number of allylic oxidation sites excluding steroid dienone is 6. The van der Waals surface area contributed by atoms with Crippen LogP contribution in [0.5, 0.6) is 0 Å². The summed E-state index contributed by atoms with van der Waals surface area (Å²) in [5.41, 5.74) is 7.93. The molecule has 1 aliphatic heterocycles. The first-order valence-corrected chi connectivity index (χ1v) is 13.8. The number of benzene rings is 2. The largest absolute Gasteiger partial charge is 0.299 e. The van der Waals surface area contributed by atoms with Crippen LogP contribution < -0.4 is 0 Å². The topological polar surface area (TPSA) is 29.4 Å². The third kappa shape index (κ3) is 6.53. The standard InChI is InChI=1S/C34H35F2NO/c35-33(36)18-17-25-9-1-2-11-29(25)23-31(38)21-24-8-5-12-27(20-24)28-13-6-14-30(22-28)34-32-16-4-3-10-26(32)15-7-19-37-34/h1-2,4-5,7-9,11-12,16-20,28,30,33H,3,6,10,13-15,21-23H2/b18-17-. The Morgan fingerprint density at radius 1 is 1.03 bits per heavy atom. The molecule has 0 saturated heterocycles. The molecule has 1 heterocycles. The number of halogens is 2. The Morgan fingerprint density at radius 3 is 2.79 bits per heavy atom. The van der Waals surface area contributed by atoms with Crippen molar-refractivity contribution in [3.05, 3.63) is 112 Å². The Hall–Kier alpha value is -3.40. The van der Waals surface area contributed by atoms with Gasteiger partial charge in [0.1, 0.15) is 5.78 Å². The zero-order chi connectivity index (χ0) is 26.3. The molecule has 5 rings (SSSR count). The van der Waals surface area contributed by atoms with E-state index in [0.717, 1.165) is 49.3 Å². The summed E-state index contributed by atoms with van der Waals surface area (Å²) in [7, 11) is 0. The van der Waals surface area contributed by atoms with Crippen molar-refractivity contribution in [2.75, 3.05) is 0 Å². The molecule has 0 bridgehead atoms. The SMILES string of the molecule is O=C(Cc1cccc(C2CCCC(C3=NC=CCC4=C3C=CCC4)C2)c1)Cc1ccccc1/C=C\C(F)F. The monoisotopic (exact) mass is 511 g/mol. The number of Topliss-reactive ketones (excluding diaryl/α,β-unsaturated/α-hetero) is 1. The van der Waals surface area contributed by atoms with E-state index in [4.69, 9.17) is 4.99 Å². The third-order valence-electron chi connectivity index (χ3n) is 7.99. The van der Waals surface area contributed by atoms with Crippen LogP contribution in [0.3, 0.4) is 0 Å². The van der Waals surface area contributed by atoms with Crippen LogP contribution in [0.25, 0.3) is 6.08 Å². The van der Waals surface area contributed by atoms with E-state index in [1.165, 1.54) is 41.3 Å². The Labute approximate surface area is 224 Å². The molecule has 1 fully saturated rings. The fraction of sp³-hybridized carbons (Fsp3) is 0.353. The number of aliphatic imine (C=N–C) groups is 1. The summed E-state index contributed by atoms with van der Waals surface area (Å²) in [4.78, 5) is 17.9. The van der Waals surface area contributed by atoms with Gasteiger partial charge in [-0.2, -0.15) is 0 Å². The maximum absolute atomic E-state index is 13.0. The lowest BCUT2D eigenvalue weighted by molar-refractivity contribution is -0.117. The lowest BCUT2D eigenvalue weighted by Crippen LogP contribution is -2.24. The van der Waals surface area contributed by atoms with E-state index < -0.39 is 6.43 Å². The molecule has 0 N–H and O–H groups in total. The van der Waals surface area contributed by atoms with Gasteiger partial charge in [-0.15, -0.1) is 0 Å². The number of hydrogen-bond donors (Lipinski definition) is 0. The van der Waals surface area contributed by atoms with Crippen molar-refractivity contribution in [2.45, 2.75) is 70.1 Å². The minimum absolute atomic E-state index is 0.0877. The number of alkyl halides is 2. The molecular formula is C34H35F2NO. The molecule has 2 aliphatic carbocycles. The zero-order valence-electron chi connectivity index (χ0n) is 21.8. The van der Waals surface area contributed by atoms with E-state index in [1.54, 1.807) is 12.1 Å². The first-order valence-electron chi connectivity index (χ1n) is 13.8. The van der Waals surface area contributed by atoms with Crippen molar-refractivity contribution in [3.8, 4) is 0 Å². The second-order valence-electron chi connectivity index (χ2n) is 10.7. The fourth-order valence-electron chi connectivity index (χ4n) is 6.15. The minimum Gasteiger partial charge on any atom is -0.299 e. The molecule has 2 atom stereocenters. The van der Waals surface area contributed by atoms with Crippen LogP contribution in [0.4, 0.5) is 8.78 Å². The number of hydrogen-bond acceptors (Lipinski definition) is 2. The summed E-state index contributed by atoms with van der Waals surface area (Å²) < 4.78 is 25.3. The molecule has 38 heavy (non-hydrogen) atoms. The number of rotatable bonds is 8. The fourth-order valence-corrected chi connectivity index (χ4v) is 6.15. The Bertz CT molecular complexity index is 1310. The highest BCUT2D eigenvalue weighted by Gasteiger charge is 2.29. The molecule has 196 valence electrons. The second-order valence-corrected chi connectivity index (χ2v) is 10.7. The van der Waals surface area contributed by atoms with Gasteiger partial charge in [-0.05, 0) is 78.3 Å². The lowest BCUT2D eigenvalue weighted by atomic mass is 9.73. The third-order valence-corrected chi connectivity index (χ3v) is 7.99. The van der Waals surface area contributed by atoms with Gasteiger partial charge in [-0.1, -0.05) is 84.8 Å². The van der Waals surface area contributed by atoms with Crippen LogP contribution in [-0.4, -0.2) is 17.9 Å². The van der Waals surface area contributed by atoms with Crippen molar-refractivity contribution in [3.63, 3.8) is 0 Å². The van der Waals surface area contributed by atoms with Crippen LogP contribution >= 0.6 is 0 Å². The van der Waals surface area contributed by atoms with E-state index in [0.29, 0.717) is 23.8 Å². The van der Waals surface area contributed by atoms with E-state index in [-0.39, 0.29) is 12.2 Å². The molecule has 0 aromatic heterocycles. The molecule has 0 amide bonds. The van der Waals surface area contributed by atoms with Gasteiger partial charge in [-0.25, -0.2) is 8.78 Å². The molecule has 4 heteroatoms. The van der Waals surface area contributed by atoms with Gasteiger partial charge in [0.15, 0.2) is 0 Å². The van der Waals surface area contributed by atoms with E-state index in [2.05, 4.69) is 36.4 Å². The van der Waals surface area contributed by atoms with Gasteiger partial charge in [0, 0.05) is 25.0 Å². The van der Waals surface area contributed by atoms with Crippen molar-refractivity contribution >= 4 is 17.6 Å². The molecule has 2 unspecified atom stereocenters. The first-order chi connectivity index (χ1) is 18.6. The van der Waals surface area contributed by atoms with E-state index in [1.807, 2.05) is 24.4 Å². The van der Waals surface area contributed by atoms with Crippen molar-refractivity contribution in [2.24, 2.45) is 10.9 Å². The van der Waals surface area contributed by atoms with Crippen LogP contribution in [0, 0.1) is 5.92 Å². The van der Waals surface area contributed by atoms with E-state index in [9.17, 15) is 13.6 Å².